The molecule has 3 aromatic carbocycles. The van der Waals surface area contributed by atoms with E-state index in [0.717, 1.165) is 23.9 Å². The van der Waals surface area contributed by atoms with Crippen molar-refractivity contribution in [2.75, 3.05) is 21.3 Å². The molecule has 5 rings (SSSR count). The molecule has 1 aromatic heterocycles. The zero-order valence-corrected chi connectivity index (χ0v) is 20.5. The number of aromatic nitrogens is 1. The minimum absolute atomic E-state index is 0.122. The number of halogens is 5. The molecule has 12 heteroatoms. The van der Waals surface area contributed by atoms with Crippen LogP contribution in [-0.4, -0.2) is 16.9 Å². The van der Waals surface area contributed by atoms with Crippen molar-refractivity contribution in [3.8, 4) is 0 Å². The maximum Gasteiger partial charge on any atom is 0.416 e. The van der Waals surface area contributed by atoms with E-state index in [9.17, 15) is 27.2 Å². The normalized spacial score (nSPS) is 13.7. The second kappa shape index (κ2) is 10.2. The molecule has 0 fully saturated rings. The summed E-state index contributed by atoms with van der Waals surface area (Å²) < 4.78 is 53.4. The number of aromatic amines is 1. The number of urea groups is 1. The SMILES string of the molecule is O=C(Nc1cc(Nc2ccc3c(c2)NC(=O)/C3=C\c2ccc[nH]2)ccc1F)Nc1cc(C(F)(F)F)ccc1Cl. The van der Waals surface area contributed by atoms with Gasteiger partial charge in [0.05, 0.1) is 33.2 Å². The minimum Gasteiger partial charge on any atom is -0.362 e. The number of anilines is 5. The van der Waals surface area contributed by atoms with Crippen LogP contribution in [0.4, 0.5) is 50.8 Å². The van der Waals surface area contributed by atoms with E-state index in [4.69, 9.17) is 11.6 Å². The van der Waals surface area contributed by atoms with Crippen molar-refractivity contribution in [3.05, 3.63) is 101 Å². The van der Waals surface area contributed by atoms with Gasteiger partial charge in [0.25, 0.3) is 5.91 Å². The van der Waals surface area contributed by atoms with Crippen molar-refractivity contribution in [2.24, 2.45) is 0 Å². The highest BCUT2D eigenvalue weighted by molar-refractivity contribution is 6.35. The monoisotopic (exact) mass is 555 g/mol. The van der Waals surface area contributed by atoms with Crippen LogP contribution < -0.4 is 21.3 Å². The average molecular weight is 556 g/mol. The fourth-order valence-corrected chi connectivity index (χ4v) is 4.11. The van der Waals surface area contributed by atoms with Gasteiger partial charge in [-0.25, -0.2) is 9.18 Å². The largest absolute Gasteiger partial charge is 0.416 e. The Hall–Kier alpha value is -4.77. The van der Waals surface area contributed by atoms with Crippen molar-refractivity contribution in [1.29, 1.82) is 0 Å². The lowest BCUT2D eigenvalue weighted by atomic mass is 10.1. The van der Waals surface area contributed by atoms with Gasteiger partial charge < -0.3 is 26.3 Å². The molecule has 0 radical (unpaired) electrons. The summed E-state index contributed by atoms with van der Waals surface area (Å²) in [6.45, 7) is 0. The zero-order valence-electron chi connectivity index (χ0n) is 19.7. The molecule has 7 nitrogen and oxygen atoms in total. The molecule has 4 aromatic rings. The quantitative estimate of drug-likeness (QED) is 0.129. The van der Waals surface area contributed by atoms with Gasteiger partial charge in [-0.2, -0.15) is 13.2 Å². The molecule has 2 heterocycles. The summed E-state index contributed by atoms with van der Waals surface area (Å²) in [5, 5.41) is 10.2. The molecular weight excluding hydrogens is 538 g/mol. The lowest BCUT2D eigenvalue weighted by Crippen LogP contribution is -2.21. The number of H-pyrrole nitrogens is 1. The molecular formula is C27H18ClF4N5O2. The molecule has 1 aliphatic rings. The Kier molecular flexibility index (Phi) is 6.75. The van der Waals surface area contributed by atoms with Gasteiger partial charge in [0, 0.05) is 28.8 Å². The molecule has 0 bridgehead atoms. The molecule has 0 saturated heterocycles. The third-order valence-corrected chi connectivity index (χ3v) is 6.10. The van der Waals surface area contributed by atoms with E-state index in [1.54, 1.807) is 30.5 Å². The first-order valence-electron chi connectivity index (χ1n) is 11.4. The van der Waals surface area contributed by atoms with Crippen molar-refractivity contribution >= 4 is 63.6 Å². The maximum atomic E-state index is 14.4. The first-order valence-corrected chi connectivity index (χ1v) is 11.8. The van der Waals surface area contributed by atoms with Crippen LogP contribution in [0.3, 0.4) is 0 Å². The van der Waals surface area contributed by atoms with Crippen LogP contribution in [0, 0.1) is 5.82 Å². The van der Waals surface area contributed by atoms with Crippen LogP contribution in [0.15, 0.2) is 72.9 Å². The van der Waals surface area contributed by atoms with Gasteiger partial charge in [0.15, 0.2) is 0 Å². The van der Waals surface area contributed by atoms with Crippen LogP contribution in [0.5, 0.6) is 0 Å². The molecule has 1 aliphatic heterocycles. The minimum atomic E-state index is -4.63. The summed E-state index contributed by atoms with van der Waals surface area (Å²) in [5.74, 6) is -1.02. The summed E-state index contributed by atoms with van der Waals surface area (Å²) in [6, 6.07) is 14.2. The van der Waals surface area contributed by atoms with Crippen molar-refractivity contribution in [1.82, 2.24) is 4.98 Å². The van der Waals surface area contributed by atoms with E-state index >= 15 is 0 Å². The number of carbonyl (C=O) groups is 2. The molecule has 5 N–H and O–H groups in total. The summed E-state index contributed by atoms with van der Waals surface area (Å²) in [5.41, 5.74) is 2.03. The topological polar surface area (TPSA) is 98.1 Å². The lowest BCUT2D eigenvalue weighted by molar-refractivity contribution is -0.137. The number of alkyl halides is 3. The number of fused-ring (bicyclic) bond motifs is 1. The maximum absolute atomic E-state index is 14.4. The number of carbonyl (C=O) groups excluding carboxylic acids is 2. The number of hydrogen-bond donors (Lipinski definition) is 5. The van der Waals surface area contributed by atoms with E-state index in [1.165, 1.54) is 12.1 Å². The number of hydrogen-bond acceptors (Lipinski definition) is 3. The average Bonchev–Trinajstić information content (AvgIpc) is 3.49. The van der Waals surface area contributed by atoms with E-state index in [0.29, 0.717) is 34.3 Å². The molecule has 0 atom stereocenters. The summed E-state index contributed by atoms with van der Waals surface area (Å²) in [7, 11) is 0. The lowest BCUT2D eigenvalue weighted by Gasteiger charge is -2.14. The Morgan fingerprint density at radius 3 is 2.41 bits per heavy atom. The highest BCUT2D eigenvalue weighted by Gasteiger charge is 2.31. The second-order valence-electron chi connectivity index (χ2n) is 8.49. The Labute approximate surface area is 223 Å². The van der Waals surface area contributed by atoms with Crippen molar-refractivity contribution in [3.63, 3.8) is 0 Å². The van der Waals surface area contributed by atoms with Crippen molar-refractivity contribution in [2.45, 2.75) is 6.18 Å². The van der Waals surface area contributed by atoms with Crippen LogP contribution >= 0.6 is 11.6 Å². The zero-order chi connectivity index (χ0) is 27.7. The Balaban J connectivity index is 1.31. The van der Waals surface area contributed by atoms with Crippen molar-refractivity contribution < 1.29 is 27.2 Å². The van der Waals surface area contributed by atoms with Gasteiger partial charge in [-0.3, -0.25) is 4.79 Å². The molecule has 0 unspecified atom stereocenters. The Morgan fingerprint density at radius 2 is 1.67 bits per heavy atom. The van der Waals surface area contributed by atoms with Crippen LogP contribution in [0.1, 0.15) is 16.8 Å². The van der Waals surface area contributed by atoms with Crippen LogP contribution in [-0.2, 0) is 11.0 Å². The van der Waals surface area contributed by atoms with E-state index in [1.807, 2.05) is 12.1 Å². The first kappa shape index (κ1) is 25.9. The standard InChI is InChI=1S/C27H18ClF4N5O2/c28-20-7-3-14(27(30,31)32)10-23(20)36-26(39)37-24-13-17(5-8-21(24)29)34-16-4-6-18-19(11-15-2-1-9-33-15)25(38)35-22(18)12-16/h1-13,33-34H,(H,35,38)(H2,36,37,39)/b19-11-. The first-order chi connectivity index (χ1) is 18.6. The molecule has 3 amide bonds. The molecule has 0 saturated carbocycles. The number of amides is 3. The summed E-state index contributed by atoms with van der Waals surface area (Å²) in [4.78, 5) is 27.9. The van der Waals surface area contributed by atoms with Gasteiger partial charge in [0.2, 0.25) is 0 Å². The van der Waals surface area contributed by atoms with Crippen LogP contribution in [0.25, 0.3) is 11.6 Å². The van der Waals surface area contributed by atoms with Gasteiger partial charge in [0.1, 0.15) is 5.82 Å². The highest BCUT2D eigenvalue weighted by Crippen LogP contribution is 2.36. The fraction of sp³-hybridized carbons (Fsp3) is 0.0370. The predicted molar refractivity (Wildman–Crippen MR) is 143 cm³/mol. The molecule has 0 aliphatic carbocycles. The number of rotatable bonds is 5. The van der Waals surface area contributed by atoms with Crippen LogP contribution in [0.2, 0.25) is 5.02 Å². The number of nitrogens with one attached hydrogen (secondary N) is 5. The Bertz CT molecular complexity index is 1620. The fourth-order valence-electron chi connectivity index (χ4n) is 3.94. The van der Waals surface area contributed by atoms with Gasteiger partial charge >= 0.3 is 12.2 Å². The predicted octanol–water partition coefficient (Wildman–Crippen LogP) is 7.71. The summed E-state index contributed by atoms with van der Waals surface area (Å²) >= 11 is 5.91. The summed E-state index contributed by atoms with van der Waals surface area (Å²) in [6.07, 6.45) is -1.14. The Morgan fingerprint density at radius 1 is 0.923 bits per heavy atom. The third kappa shape index (κ3) is 5.73. The highest BCUT2D eigenvalue weighted by atomic mass is 35.5. The van der Waals surface area contributed by atoms with E-state index < -0.39 is 23.6 Å². The molecule has 39 heavy (non-hydrogen) atoms. The van der Waals surface area contributed by atoms with Gasteiger partial charge in [-0.15, -0.1) is 0 Å². The van der Waals surface area contributed by atoms with E-state index in [2.05, 4.69) is 26.3 Å². The second-order valence-corrected chi connectivity index (χ2v) is 8.90. The number of benzene rings is 3. The third-order valence-electron chi connectivity index (χ3n) is 5.77. The molecule has 0 spiro atoms. The van der Waals surface area contributed by atoms with E-state index in [-0.39, 0.29) is 22.3 Å². The smallest absolute Gasteiger partial charge is 0.362 e. The molecule has 198 valence electrons. The van der Waals surface area contributed by atoms with Gasteiger partial charge in [-0.1, -0.05) is 17.7 Å². The van der Waals surface area contributed by atoms with Gasteiger partial charge in [-0.05, 0) is 66.7 Å².